The number of methoxy groups -OCH3 is 1. The highest BCUT2D eigenvalue weighted by atomic mass is 79.9. The number of aliphatic hydroxyl groups is 1. The van der Waals surface area contributed by atoms with E-state index in [9.17, 15) is 14.7 Å². The Kier molecular flexibility index (Phi) is 5.72. The maximum atomic E-state index is 12.7. The van der Waals surface area contributed by atoms with Gasteiger partial charge < -0.3 is 14.7 Å². The molecule has 0 aromatic heterocycles. The van der Waals surface area contributed by atoms with Crippen molar-refractivity contribution in [2.24, 2.45) is 0 Å². The Morgan fingerprint density at radius 3 is 2.48 bits per heavy atom. The second kappa shape index (κ2) is 8.26. The Morgan fingerprint density at radius 2 is 1.86 bits per heavy atom. The number of ether oxygens (including phenoxy) is 1. The first-order valence-electron chi connectivity index (χ1n) is 9.59. The van der Waals surface area contributed by atoms with E-state index in [1.54, 1.807) is 12.1 Å². The molecular formula is C22H23BrN2O4. The van der Waals surface area contributed by atoms with E-state index >= 15 is 0 Å². The van der Waals surface area contributed by atoms with Gasteiger partial charge in [-0.25, -0.2) is 4.79 Å². The van der Waals surface area contributed by atoms with Gasteiger partial charge in [0.15, 0.2) is 0 Å². The van der Waals surface area contributed by atoms with Crippen molar-refractivity contribution in [2.45, 2.75) is 24.5 Å². The average molecular weight is 459 g/mol. The minimum absolute atomic E-state index is 0.0298. The molecule has 2 fully saturated rings. The Morgan fingerprint density at radius 1 is 1.17 bits per heavy atom. The monoisotopic (exact) mass is 458 g/mol. The summed E-state index contributed by atoms with van der Waals surface area (Å²) in [4.78, 5) is 28.3. The van der Waals surface area contributed by atoms with Crippen LogP contribution in [0.1, 0.15) is 27.4 Å². The minimum Gasteiger partial charge on any atom is -0.465 e. The first-order chi connectivity index (χ1) is 14.0. The molecule has 0 saturated carbocycles. The highest BCUT2D eigenvalue weighted by Gasteiger charge is 2.53. The molecule has 2 heterocycles. The van der Waals surface area contributed by atoms with Crippen LogP contribution >= 0.6 is 15.9 Å². The molecule has 2 aromatic carbocycles. The predicted molar refractivity (Wildman–Crippen MR) is 111 cm³/mol. The average Bonchev–Trinajstić information content (AvgIpc) is 2.71. The van der Waals surface area contributed by atoms with Crippen molar-refractivity contribution in [1.82, 2.24) is 9.80 Å². The molecule has 6 nitrogen and oxygen atoms in total. The number of benzene rings is 2. The lowest BCUT2D eigenvalue weighted by Gasteiger charge is -2.59. The van der Waals surface area contributed by atoms with Crippen molar-refractivity contribution >= 4 is 27.8 Å². The fraction of sp³-hybridized carbons (Fsp3) is 0.364. The van der Waals surface area contributed by atoms with Gasteiger partial charge in [0.25, 0.3) is 0 Å². The minimum atomic E-state index is -0.359. The van der Waals surface area contributed by atoms with Crippen LogP contribution < -0.4 is 0 Å². The fourth-order valence-electron chi connectivity index (χ4n) is 4.49. The number of amides is 1. The molecular weight excluding hydrogens is 436 g/mol. The summed E-state index contributed by atoms with van der Waals surface area (Å²) in [6, 6.07) is 15.3. The quantitative estimate of drug-likeness (QED) is 0.696. The number of hydrogen-bond acceptors (Lipinski definition) is 5. The third-order valence-corrected chi connectivity index (χ3v) is 6.39. The number of halogens is 1. The zero-order valence-electron chi connectivity index (χ0n) is 16.1. The Balaban J connectivity index is 1.49. The van der Waals surface area contributed by atoms with Crippen LogP contribution in [0.2, 0.25) is 0 Å². The van der Waals surface area contributed by atoms with Crippen LogP contribution in [0.5, 0.6) is 0 Å². The van der Waals surface area contributed by atoms with Gasteiger partial charge in [-0.1, -0.05) is 40.2 Å². The molecule has 2 aliphatic rings. The summed E-state index contributed by atoms with van der Waals surface area (Å²) in [7, 11) is 1.36. The number of piperazine rings is 1. The van der Waals surface area contributed by atoms with Crippen molar-refractivity contribution in [3.63, 3.8) is 0 Å². The lowest BCUT2D eigenvalue weighted by molar-refractivity contribution is -0.162. The SMILES string of the molecule is COC(=O)c1ccc(CN2CC(=O)N3[C@@H](CO)[C@H](c4ccc(Br)cc4)[C@@H]3C2)cc1. The van der Waals surface area contributed by atoms with Gasteiger partial charge >= 0.3 is 5.97 Å². The Bertz CT molecular complexity index is 900. The summed E-state index contributed by atoms with van der Waals surface area (Å²) in [6.45, 7) is 1.69. The van der Waals surface area contributed by atoms with E-state index in [0.717, 1.165) is 22.1 Å². The van der Waals surface area contributed by atoms with Crippen LogP contribution in [0, 0.1) is 0 Å². The van der Waals surface area contributed by atoms with E-state index in [4.69, 9.17) is 4.74 Å². The molecule has 7 heteroatoms. The summed E-state index contributed by atoms with van der Waals surface area (Å²) in [5.74, 6) is -0.177. The first-order valence-corrected chi connectivity index (χ1v) is 10.4. The van der Waals surface area contributed by atoms with Crippen LogP contribution in [0.4, 0.5) is 0 Å². The van der Waals surface area contributed by atoms with Crippen molar-refractivity contribution in [1.29, 1.82) is 0 Å². The van der Waals surface area contributed by atoms with Crippen molar-refractivity contribution < 1.29 is 19.4 Å². The number of nitrogens with zero attached hydrogens (tertiary/aromatic N) is 2. The highest BCUT2D eigenvalue weighted by Crippen LogP contribution is 2.43. The molecule has 1 amide bonds. The Hall–Kier alpha value is -2.22. The number of carbonyl (C=O) groups excluding carboxylic acids is 2. The molecule has 2 saturated heterocycles. The van der Waals surface area contributed by atoms with Crippen LogP contribution in [0.15, 0.2) is 53.0 Å². The molecule has 0 unspecified atom stereocenters. The topological polar surface area (TPSA) is 70.1 Å². The molecule has 0 spiro atoms. The zero-order valence-corrected chi connectivity index (χ0v) is 17.7. The molecule has 152 valence electrons. The molecule has 0 bridgehead atoms. The third kappa shape index (κ3) is 3.82. The smallest absolute Gasteiger partial charge is 0.337 e. The van der Waals surface area contributed by atoms with Gasteiger partial charge in [0, 0.05) is 23.5 Å². The number of aliphatic hydroxyl groups excluding tert-OH is 1. The van der Waals surface area contributed by atoms with Gasteiger partial charge in [-0.3, -0.25) is 9.69 Å². The largest absolute Gasteiger partial charge is 0.465 e. The highest BCUT2D eigenvalue weighted by molar-refractivity contribution is 9.10. The number of esters is 1. The lowest BCUT2D eigenvalue weighted by Crippen LogP contribution is -2.72. The normalized spacial score (nSPS) is 24.0. The third-order valence-electron chi connectivity index (χ3n) is 5.86. The van der Waals surface area contributed by atoms with Crippen molar-refractivity contribution in [3.05, 3.63) is 69.7 Å². The molecule has 0 aliphatic carbocycles. The molecule has 29 heavy (non-hydrogen) atoms. The van der Waals surface area contributed by atoms with Gasteiger partial charge in [-0.05, 0) is 35.4 Å². The van der Waals surface area contributed by atoms with Gasteiger partial charge in [-0.2, -0.15) is 0 Å². The summed E-state index contributed by atoms with van der Waals surface area (Å²) in [6.07, 6.45) is 0. The number of rotatable bonds is 5. The first kappa shape index (κ1) is 20.1. The zero-order chi connectivity index (χ0) is 20.5. The molecule has 4 rings (SSSR count). The van der Waals surface area contributed by atoms with Crippen LogP contribution in [-0.2, 0) is 16.1 Å². The second-order valence-electron chi connectivity index (χ2n) is 7.55. The summed E-state index contributed by atoms with van der Waals surface area (Å²) < 4.78 is 5.74. The maximum absolute atomic E-state index is 12.7. The summed E-state index contributed by atoms with van der Waals surface area (Å²) >= 11 is 3.46. The molecule has 0 radical (unpaired) electrons. The van der Waals surface area contributed by atoms with Crippen LogP contribution in [0.25, 0.3) is 0 Å². The van der Waals surface area contributed by atoms with E-state index in [1.807, 2.05) is 29.2 Å². The van der Waals surface area contributed by atoms with Gasteiger partial charge in [0.1, 0.15) is 0 Å². The van der Waals surface area contributed by atoms with Crippen molar-refractivity contribution in [2.75, 3.05) is 26.8 Å². The van der Waals surface area contributed by atoms with Gasteiger partial charge in [-0.15, -0.1) is 0 Å². The van der Waals surface area contributed by atoms with Crippen molar-refractivity contribution in [3.8, 4) is 0 Å². The van der Waals surface area contributed by atoms with Gasteiger partial charge in [0.2, 0.25) is 5.91 Å². The fourth-order valence-corrected chi connectivity index (χ4v) is 4.76. The van der Waals surface area contributed by atoms with Crippen LogP contribution in [-0.4, -0.2) is 65.7 Å². The van der Waals surface area contributed by atoms with E-state index in [0.29, 0.717) is 18.7 Å². The number of fused-ring (bicyclic) bond motifs is 1. The number of hydrogen-bond donors (Lipinski definition) is 1. The van der Waals surface area contributed by atoms with E-state index in [2.05, 4.69) is 33.0 Å². The Labute approximate surface area is 178 Å². The van der Waals surface area contributed by atoms with E-state index < -0.39 is 0 Å². The molecule has 2 aromatic rings. The second-order valence-corrected chi connectivity index (χ2v) is 8.47. The van der Waals surface area contributed by atoms with Crippen LogP contribution in [0.3, 0.4) is 0 Å². The van der Waals surface area contributed by atoms with E-state index in [1.165, 1.54) is 7.11 Å². The molecule has 2 aliphatic heterocycles. The lowest BCUT2D eigenvalue weighted by atomic mass is 9.74. The molecule has 3 atom stereocenters. The number of carbonyl (C=O) groups is 2. The summed E-state index contributed by atoms with van der Waals surface area (Å²) in [5, 5.41) is 9.87. The summed E-state index contributed by atoms with van der Waals surface area (Å²) in [5.41, 5.74) is 2.69. The standard InChI is InChI=1S/C22H23BrN2O4/c1-29-22(28)16-4-2-14(3-5-16)10-24-11-18-21(15-6-8-17(23)9-7-15)19(13-26)25(18)20(27)12-24/h2-9,18-19,21,26H,10-13H2,1H3/t18-,19-,21+/m0/s1. The van der Waals surface area contributed by atoms with E-state index in [-0.39, 0.29) is 36.5 Å². The maximum Gasteiger partial charge on any atom is 0.337 e. The predicted octanol–water partition coefficient (Wildman–Crippen LogP) is 2.41. The molecule has 1 N–H and O–H groups in total. The van der Waals surface area contributed by atoms with Gasteiger partial charge in [0.05, 0.1) is 37.9 Å².